The zero-order chi connectivity index (χ0) is 35.1. The second-order valence-corrected chi connectivity index (χ2v) is 12.9. The van der Waals surface area contributed by atoms with Crippen molar-refractivity contribution >= 4 is 55.0 Å². The van der Waals surface area contributed by atoms with Gasteiger partial charge in [0.15, 0.2) is 5.69 Å². The molecule has 52 heavy (non-hydrogen) atoms. The molecule has 0 saturated carbocycles. The maximum Gasteiger partial charge on any atom is 0.169 e. The molecule has 1 aliphatic rings. The van der Waals surface area contributed by atoms with Crippen molar-refractivity contribution in [3.8, 4) is 51.8 Å². The zero-order valence-corrected chi connectivity index (χ0v) is 27.4. The Kier molecular flexibility index (Phi) is 6.24. The van der Waals surface area contributed by atoms with Crippen molar-refractivity contribution in [3.05, 3.63) is 161 Å². The molecule has 2 aromatic heterocycles. The lowest BCUT2D eigenvalue weighted by Crippen LogP contribution is -2.95. The van der Waals surface area contributed by atoms with Crippen LogP contribution in [0.15, 0.2) is 140 Å². The minimum Gasteiger partial charge on any atom is -0.623 e. The lowest BCUT2D eigenvalue weighted by atomic mass is 9.93. The van der Waals surface area contributed by atoms with E-state index in [1.54, 1.807) is 6.07 Å². The number of hydrogen-bond acceptors (Lipinski definition) is 4. The van der Waals surface area contributed by atoms with E-state index < -0.39 is 0 Å². The van der Waals surface area contributed by atoms with Crippen LogP contribution in [-0.4, -0.2) is 9.13 Å². The molecule has 0 fully saturated rings. The highest BCUT2D eigenvalue weighted by atomic mass is 16.5. The van der Waals surface area contributed by atoms with Gasteiger partial charge in [-0.15, -0.1) is 0 Å². The molecule has 7 nitrogen and oxygen atoms in total. The Hall–Kier alpha value is -7.47. The maximum absolute atomic E-state index is 14.3. The third-order valence-corrected chi connectivity index (χ3v) is 10.4. The van der Waals surface area contributed by atoms with Crippen LogP contribution in [0.4, 0.5) is 11.4 Å². The summed E-state index contributed by atoms with van der Waals surface area (Å²) >= 11 is 0. The molecular formula is C45H24N6O. The molecule has 1 N–H and O–H groups in total. The summed E-state index contributed by atoms with van der Waals surface area (Å²) in [6.45, 7) is 0. The Balaban J connectivity index is 1.30. The van der Waals surface area contributed by atoms with Crippen LogP contribution in [0, 0.1) is 39.2 Å². The maximum atomic E-state index is 14.3. The summed E-state index contributed by atoms with van der Waals surface area (Å²) in [5.74, 6) is 0. The highest BCUT2D eigenvalue weighted by molar-refractivity contribution is 6.16. The van der Waals surface area contributed by atoms with Crippen molar-refractivity contribution in [2.75, 3.05) is 0 Å². The van der Waals surface area contributed by atoms with Crippen molar-refractivity contribution in [2.45, 2.75) is 0 Å². The van der Waals surface area contributed by atoms with Gasteiger partial charge in [0.25, 0.3) is 0 Å². The van der Waals surface area contributed by atoms with E-state index in [1.165, 1.54) is 0 Å². The first kappa shape index (κ1) is 29.4. The van der Waals surface area contributed by atoms with Crippen molar-refractivity contribution in [2.24, 2.45) is 0 Å². The monoisotopic (exact) mass is 664 g/mol. The average molecular weight is 665 g/mol. The number of fused-ring (bicyclic) bond motifs is 10. The van der Waals surface area contributed by atoms with E-state index in [9.17, 15) is 21.0 Å². The Morgan fingerprint density at radius 1 is 0.481 bits per heavy atom. The molecule has 0 spiro atoms. The molecule has 7 heteroatoms. The van der Waals surface area contributed by atoms with Gasteiger partial charge >= 0.3 is 0 Å². The largest absolute Gasteiger partial charge is 0.623 e. The standard InChI is InChI=1S/C45H24N6O/c46-24-27-17-19-35(30-20-18-29(23-28(30)25-47)49-39-13-5-1-9-31(39)32-10-2-6-14-40(32)49)43(38(27)26-48)50-41-15-7-3-11-33(41)36-21-22-37-34-12-4-8-16-42(34)51(52)45(37)44(36)50/h1-23,51H. The van der Waals surface area contributed by atoms with Gasteiger partial charge in [-0.3, -0.25) is 0 Å². The molecule has 7 aromatic carbocycles. The van der Waals surface area contributed by atoms with Gasteiger partial charge in [0.1, 0.15) is 23.3 Å². The number of nitrogens with one attached hydrogen (secondary N) is 1. The van der Waals surface area contributed by atoms with Crippen LogP contribution in [0.25, 0.3) is 77.2 Å². The van der Waals surface area contributed by atoms with Crippen LogP contribution in [0.5, 0.6) is 0 Å². The molecule has 0 bridgehead atoms. The number of nitriles is 3. The molecule has 1 aliphatic heterocycles. The summed E-state index contributed by atoms with van der Waals surface area (Å²) in [5.41, 5.74) is 9.61. The van der Waals surface area contributed by atoms with Gasteiger partial charge in [0.05, 0.1) is 50.6 Å². The van der Waals surface area contributed by atoms with Crippen molar-refractivity contribution in [1.82, 2.24) is 9.13 Å². The quantitative estimate of drug-likeness (QED) is 0.190. The minimum atomic E-state index is -0.0926. The van der Waals surface area contributed by atoms with E-state index in [-0.39, 0.29) is 16.2 Å². The Morgan fingerprint density at radius 2 is 1.06 bits per heavy atom. The summed E-state index contributed by atoms with van der Waals surface area (Å²) in [7, 11) is 0. The van der Waals surface area contributed by atoms with E-state index in [0.29, 0.717) is 39.3 Å². The van der Waals surface area contributed by atoms with Gasteiger partial charge in [-0.2, -0.15) is 15.8 Å². The predicted molar refractivity (Wildman–Crippen MR) is 204 cm³/mol. The molecule has 1 atom stereocenters. The van der Waals surface area contributed by atoms with Gasteiger partial charge < -0.3 is 19.4 Å². The number of para-hydroxylation sites is 4. The molecule has 3 heterocycles. The number of quaternary nitrogens is 1. The molecule has 10 rings (SSSR count). The fourth-order valence-corrected chi connectivity index (χ4v) is 8.24. The smallest absolute Gasteiger partial charge is 0.169 e. The number of rotatable bonds is 3. The number of benzene rings is 7. The Morgan fingerprint density at radius 3 is 1.73 bits per heavy atom. The average Bonchev–Trinajstić information content (AvgIpc) is 3.82. The van der Waals surface area contributed by atoms with Gasteiger partial charge in [0.2, 0.25) is 0 Å². The fourth-order valence-electron chi connectivity index (χ4n) is 8.24. The van der Waals surface area contributed by atoms with E-state index in [0.717, 1.165) is 54.9 Å². The highest BCUT2D eigenvalue weighted by Gasteiger charge is 2.33. The summed E-state index contributed by atoms with van der Waals surface area (Å²) in [5, 5.41) is 50.0. The van der Waals surface area contributed by atoms with Crippen LogP contribution in [0.3, 0.4) is 0 Å². The lowest BCUT2D eigenvalue weighted by molar-refractivity contribution is -0.692. The third-order valence-electron chi connectivity index (χ3n) is 10.4. The topological polar surface area (TPSA) is 109 Å². The second-order valence-electron chi connectivity index (χ2n) is 12.9. The normalized spacial score (nSPS) is 13.2. The van der Waals surface area contributed by atoms with Gasteiger partial charge in [-0.25, -0.2) is 0 Å². The van der Waals surface area contributed by atoms with E-state index in [1.807, 2.05) is 114 Å². The minimum absolute atomic E-state index is 0.0926. The van der Waals surface area contributed by atoms with Gasteiger partial charge in [-0.1, -0.05) is 84.9 Å². The van der Waals surface area contributed by atoms with E-state index >= 15 is 0 Å². The first-order valence-electron chi connectivity index (χ1n) is 16.8. The van der Waals surface area contributed by atoms with Gasteiger partial charge in [-0.05, 0) is 48.5 Å². The third kappa shape index (κ3) is 3.88. The number of hydrogen-bond donors (Lipinski definition) is 1. The summed E-state index contributed by atoms with van der Waals surface area (Å²) < 4.78 is 4.12. The van der Waals surface area contributed by atoms with Crippen LogP contribution in [0.1, 0.15) is 16.7 Å². The number of nitrogens with zero attached hydrogens (tertiary/aromatic N) is 5. The van der Waals surface area contributed by atoms with Gasteiger partial charge in [0, 0.05) is 50.0 Å². The molecule has 0 aliphatic carbocycles. The first-order valence-corrected chi connectivity index (χ1v) is 16.8. The lowest BCUT2D eigenvalue weighted by Gasteiger charge is -2.21. The van der Waals surface area contributed by atoms with Crippen molar-refractivity contribution in [3.63, 3.8) is 0 Å². The predicted octanol–water partition coefficient (Wildman–Crippen LogP) is 9.49. The second kappa shape index (κ2) is 11.0. The molecule has 0 amide bonds. The fraction of sp³-hybridized carbons (Fsp3) is 0. The molecule has 9 aromatic rings. The SMILES string of the molecule is N#Cc1cc(-n2c3ccccc3c3ccccc32)ccc1-c1ccc(C#N)c(C#N)c1-n1c2ccccc2c2ccc3c(c21)[NH+]([O-])c1ccccc1-3. The van der Waals surface area contributed by atoms with Crippen LogP contribution >= 0.6 is 0 Å². The molecule has 0 saturated heterocycles. The van der Waals surface area contributed by atoms with E-state index in [4.69, 9.17) is 0 Å². The summed E-state index contributed by atoms with van der Waals surface area (Å²) in [4.78, 5) is 0. The molecule has 240 valence electrons. The summed E-state index contributed by atoms with van der Waals surface area (Å²) in [6, 6.07) is 52.1. The van der Waals surface area contributed by atoms with Crippen molar-refractivity contribution in [1.29, 1.82) is 15.8 Å². The summed E-state index contributed by atoms with van der Waals surface area (Å²) in [6.07, 6.45) is 0. The molecule has 1 unspecified atom stereocenters. The molecule has 0 radical (unpaired) electrons. The Bertz CT molecular complexity index is 3090. The van der Waals surface area contributed by atoms with Crippen LogP contribution in [-0.2, 0) is 0 Å². The highest BCUT2D eigenvalue weighted by Crippen LogP contribution is 2.47. The number of aromatic nitrogens is 2. The van der Waals surface area contributed by atoms with E-state index in [2.05, 4.69) is 47.0 Å². The Labute approximate surface area is 297 Å². The molecular weight excluding hydrogens is 641 g/mol. The first-order chi connectivity index (χ1) is 25.6. The van der Waals surface area contributed by atoms with Crippen molar-refractivity contribution < 1.29 is 5.06 Å². The van der Waals surface area contributed by atoms with Crippen LogP contribution in [0.2, 0.25) is 0 Å². The zero-order valence-electron chi connectivity index (χ0n) is 27.4. The van der Waals surface area contributed by atoms with Crippen LogP contribution < -0.4 is 5.06 Å².